The molecule has 1 aliphatic rings. The van der Waals surface area contributed by atoms with E-state index in [1.165, 1.54) is 12.1 Å². The highest BCUT2D eigenvalue weighted by Crippen LogP contribution is 2.24. The quantitative estimate of drug-likeness (QED) is 0.438. The lowest BCUT2D eigenvalue weighted by Gasteiger charge is -2.06. The first-order valence-corrected chi connectivity index (χ1v) is 7.37. The molecule has 1 aliphatic carbocycles. The van der Waals surface area contributed by atoms with Crippen molar-refractivity contribution in [1.29, 1.82) is 0 Å². The molecule has 0 radical (unpaired) electrons. The number of halogens is 1. The number of nitrogens with zero attached hydrogens (tertiary/aromatic N) is 1. The number of nitro benzene ring substituents is 1. The van der Waals surface area contributed by atoms with Crippen LogP contribution in [0.15, 0.2) is 18.2 Å². The van der Waals surface area contributed by atoms with Crippen molar-refractivity contribution in [1.82, 2.24) is 10.6 Å². The number of hydrogen-bond donors (Lipinski definition) is 2. The van der Waals surface area contributed by atoms with Gasteiger partial charge in [0.25, 0.3) is 5.69 Å². The maximum Gasteiger partial charge on any atom is 0.288 e. The Bertz CT molecular complexity index is 532. The highest BCUT2D eigenvalue weighted by Gasteiger charge is 2.22. The number of rotatable bonds is 8. The lowest BCUT2D eigenvalue weighted by Crippen LogP contribution is -2.26. The van der Waals surface area contributed by atoms with E-state index < -0.39 is 4.92 Å². The van der Waals surface area contributed by atoms with Crippen molar-refractivity contribution in [3.63, 3.8) is 0 Å². The Morgan fingerprint density at radius 1 is 1.43 bits per heavy atom. The molecule has 21 heavy (non-hydrogen) atoms. The molecule has 1 saturated carbocycles. The van der Waals surface area contributed by atoms with Gasteiger partial charge in [0.05, 0.1) is 4.92 Å². The molecule has 0 heterocycles. The van der Waals surface area contributed by atoms with E-state index in [1.54, 1.807) is 6.07 Å². The van der Waals surface area contributed by atoms with Crippen LogP contribution >= 0.6 is 11.6 Å². The van der Waals surface area contributed by atoms with Gasteiger partial charge in [0.2, 0.25) is 5.91 Å². The average molecular weight is 312 g/mol. The minimum absolute atomic E-state index is 0.0835. The summed E-state index contributed by atoms with van der Waals surface area (Å²) in [6, 6.07) is 5.15. The lowest BCUT2D eigenvalue weighted by molar-refractivity contribution is -0.384. The van der Waals surface area contributed by atoms with Gasteiger partial charge in [0, 0.05) is 25.1 Å². The van der Waals surface area contributed by atoms with Crippen molar-refractivity contribution in [2.24, 2.45) is 0 Å². The molecule has 1 aromatic rings. The second kappa shape index (κ2) is 7.38. The summed E-state index contributed by atoms with van der Waals surface area (Å²) < 4.78 is 0. The average Bonchev–Trinajstić information content (AvgIpc) is 3.23. The molecule has 0 aliphatic heterocycles. The Morgan fingerprint density at radius 3 is 2.86 bits per heavy atom. The number of carbonyl (C=O) groups excluding carboxylic acids is 1. The number of benzene rings is 1. The third-order valence-electron chi connectivity index (χ3n) is 3.24. The van der Waals surface area contributed by atoms with Crippen LogP contribution in [0.3, 0.4) is 0 Å². The van der Waals surface area contributed by atoms with E-state index in [1.807, 2.05) is 0 Å². The maximum absolute atomic E-state index is 11.5. The van der Waals surface area contributed by atoms with Crippen LogP contribution in [-0.2, 0) is 11.3 Å². The first-order valence-electron chi connectivity index (χ1n) is 6.99. The zero-order valence-electron chi connectivity index (χ0n) is 11.6. The van der Waals surface area contributed by atoms with Gasteiger partial charge in [0.15, 0.2) is 0 Å². The first kappa shape index (κ1) is 15.7. The van der Waals surface area contributed by atoms with Crippen LogP contribution < -0.4 is 10.6 Å². The summed E-state index contributed by atoms with van der Waals surface area (Å²) >= 11 is 5.75. The summed E-state index contributed by atoms with van der Waals surface area (Å²) in [7, 11) is 0. The normalized spacial score (nSPS) is 14.0. The summed E-state index contributed by atoms with van der Waals surface area (Å²) in [6.45, 7) is 1.21. The molecule has 1 aromatic carbocycles. The van der Waals surface area contributed by atoms with Crippen LogP contribution in [0.4, 0.5) is 5.69 Å². The largest absolute Gasteiger partial charge is 0.353 e. The fraction of sp³-hybridized carbons (Fsp3) is 0.500. The second-order valence-electron chi connectivity index (χ2n) is 5.16. The second-order valence-corrected chi connectivity index (χ2v) is 5.57. The van der Waals surface area contributed by atoms with Crippen LogP contribution in [0.1, 0.15) is 31.2 Å². The molecule has 1 fully saturated rings. The molecule has 2 rings (SSSR count). The van der Waals surface area contributed by atoms with Crippen LogP contribution in [0.5, 0.6) is 0 Å². The van der Waals surface area contributed by atoms with Crippen LogP contribution in [-0.4, -0.2) is 23.4 Å². The molecule has 1 amide bonds. The van der Waals surface area contributed by atoms with Crippen molar-refractivity contribution in [3.8, 4) is 0 Å². The molecular weight excluding hydrogens is 294 g/mol. The molecule has 0 saturated heterocycles. The zero-order valence-corrected chi connectivity index (χ0v) is 12.4. The summed E-state index contributed by atoms with van der Waals surface area (Å²) in [5.41, 5.74) is 0.716. The van der Waals surface area contributed by atoms with Gasteiger partial charge in [-0.2, -0.15) is 0 Å². The Kier molecular flexibility index (Phi) is 5.52. The third kappa shape index (κ3) is 5.32. The molecule has 114 valence electrons. The van der Waals surface area contributed by atoms with E-state index in [2.05, 4.69) is 10.6 Å². The zero-order chi connectivity index (χ0) is 15.2. The topological polar surface area (TPSA) is 84.3 Å². The van der Waals surface area contributed by atoms with Crippen LogP contribution in [0, 0.1) is 10.1 Å². The number of amides is 1. The predicted molar refractivity (Wildman–Crippen MR) is 80.2 cm³/mol. The van der Waals surface area contributed by atoms with Crippen LogP contribution in [0.25, 0.3) is 0 Å². The maximum atomic E-state index is 11.5. The van der Waals surface area contributed by atoms with Gasteiger partial charge in [0.1, 0.15) is 5.02 Å². The minimum Gasteiger partial charge on any atom is -0.353 e. The van der Waals surface area contributed by atoms with Crippen molar-refractivity contribution in [3.05, 3.63) is 38.9 Å². The van der Waals surface area contributed by atoms with Gasteiger partial charge in [-0.3, -0.25) is 14.9 Å². The standard InChI is InChI=1S/C14H18ClN3O3/c15-12-6-3-10(8-13(12)18(20)21)9-16-7-1-2-14(19)17-11-4-5-11/h3,6,8,11,16H,1-2,4-5,7,9H2,(H,17,19). The molecule has 0 atom stereocenters. The Hall–Kier alpha value is -1.66. The molecule has 7 heteroatoms. The van der Waals surface area contributed by atoms with Crippen molar-refractivity contribution in [2.75, 3.05) is 6.54 Å². The van der Waals surface area contributed by atoms with E-state index >= 15 is 0 Å². The van der Waals surface area contributed by atoms with Gasteiger partial charge >= 0.3 is 0 Å². The summed E-state index contributed by atoms with van der Waals surface area (Å²) in [4.78, 5) is 21.7. The predicted octanol–water partition coefficient (Wildman–Crippen LogP) is 2.40. The third-order valence-corrected chi connectivity index (χ3v) is 3.56. The van der Waals surface area contributed by atoms with Gasteiger partial charge in [-0.1, -0.05) is 17.7 Å². The van der Waals surface area contributed by atoms with E-state index in [4.69, 9.17) is 11.6 Å². The fourth-order valence-electron chi connectivity index (χ4n) is 1.94. The fourth-order valence-corrected chi connectivity index (χ4v) is 2.13. The molecule has 6 nitrogen and oxygen atoms in total. The Labute approximate surface area is 128 Å². The molecular formula is C14H18ClN3O3. The molecule has 0 aromatic heterocycles. The van der Waals surface area contributed by atoms with Gasteiger partial charge in [-0.05, 0) is 37.4 Å². The summed E-state index contributed by atoms with van der Waals surface area (Å²) in [5, 5.41) is 17.0. The van der Waals surface area contributed by atoms with Crippen molar-refractivity contribution < 1.29 is 9.72 Å². The van der Waals surface area contributed by atoms with Gasteiger partial charge in [-0.15, -0.1) is 0 Å². The van der Waals surface area contributed by atoms with Crippen LogP contribution in [0.2, 0.25) is 5.02 Å². The molecule has 0 unspecified atom stereocenters. The van der Waals surface area contributed by atoms with Gasteiger partial charge < -0.3 is 10.6 Å². The van der Waals surface area contributed by atoms with E-state index in [9.17, 15) is 14.9 Å². The number of carbonyl (C=O) groups is 1. The number of hydrogen-bond acceptors (Lipinski definition) is 4. The molecule has 0 bridgehead atoms. The number of nitrogens with one attached hydrogen (secondary N) is 2. The molecule has 0 spiro atoms. The van der Waals surface area contributed by atoms with E-state index in [0.29, 0.717) is 25.6 Å². The monoisotopic (exact) mass is 311 g/mol. The SMILES string of the molecule is O=C(CCCNCc1ccc(Cl)c([N+](=O)[O-])c1)NC1CC1. The summed E-state index contributed by atoms with van der Waals surface area (Å²) in [5.74, 6) is 0.0985. The lowest BCUT2D eigenvalue weighted by atomic mass is 10.2. The number of nitro groups is 1. The smallest absolute Gasteiger partial charge is 0.288 e. The minimum atomic E-state index is -0.492. The summed E-state index contributed by atoms with van der Waals surface area (Å²) in [6.07, 6.45) is 3.44. The highest BCUT2D eigenvalue weighted by molar-refractivity contribution is 6.32. The van der Waals surface area contributed by atoms with Gasteiger partial charge in [-0.25, -0.2) is 0 Å². The first-order chi connectivity index (χ1) is 10.1. The van der Waals surface area contributed by atoms with E-state index in [0.717, 1.165) is 24.8 Å². The van der Waals surface area contributed by atoms with E-state index in [-0.39, 0.29) is 16.6 Å². The van der Waals surface area contributed by atoms with Crippen molar-refractivity contribution >= 4 is 23.2 Å². The Morgan fingerprint density at radius 2 is 2.19 bits per heavy atom. The molecule has 2 N–H and O–H groups in total. The Balaban J connectivity index is 1.67. The van der Waals surface area contributed by atoms with Crippen molar-refractivity contribution in [2.45, 2.75) is 38.3 Å². The highest BCUT2D eigenvalue weighted by atomic mass is 35.5.